The Morgan fingerprint density at radius 1 is 1.37 bits per heavy atom. The molecule has 2 heterocycles. The van der Waals surface area contributed by atoms with Crippen LogP contribution in [0.1, 0.15) is 31.4 Å². The molecule has 0 N–H and O–H groups in total. The molecule has 3 rings (SSSR count). The molecule has 27 heavy (non-hydrogen) atoms. The number of rotatable bonds is 3. The van der Waals surface area contributed by atoms with Crippen molar-refractivity contribution in [1.29, 1.82) is 0 Å². The van der Waals surface area contributed by atoms with Crippen LogP contribution >= 0.6 is 0 Å². The number of aryl methyl sites for hydroxylation is 1. The molecule has 1 atom stereocenters. The van der Waals surface area contributed by atoms with Gasteiger partial charge in [-0.2, -0.15) is 13.2 Å². The quantitative estimate of drug-likeness (QED) is 0.744. The van der Waals surface area contributed by atoms with Crippen molar-refractivity contribution in [2.24, 2.45) is 4.99 Å². The zero-order chi connectivity index (χ0) is 19.8. The van der Waals surface area contributed by atoms with Gasteiger partial charge in [-0.1, -0.05) is 17.7 Å². The second-order valence-electron chi connectivity index (χ2n) is 6.58. The van der Waals surface area contributed by atoms with Gasteiger partial charge in [0.25, 0.3) is 0 Å². The van der Waals surface area contributed by atoms with Gasteiger partial charge in [0.05, 0.1) is 31.9 Å². The topological polar surface area (TPSA) is 51.1 Å². The highest BCUT2D eigenvalue weighted by Gasteiger charge is 2.46. The first-order chi connectivity index (χ1) is 12.7. The molecule has 8 heteroatoms. The number of benzene rings is 1. The van der Waals surface area contributed by atoms with E-state index in [0.29, 0.717) is 11.3 Å². The van der Waals surface area contributed by atoms with E-state index in [1.54, 1.807) is 25.1 Å². The third-order valence-electron chi connectivity index (χ3n) is 4.46. The molecule has 0 saturated heterocycles. The molecule has 1 aromatic rings. The van der Waals surface area contributed by atoms with Crippen LogP contribution in [0.5, 0.6) is 0 Å². The highest BCUT2D eigenvalue weighted by molar-refractivity contribution is 6.07. The van der Waals surface area contributed by atoms with Crippen molar-refractivity contribution in [2.45, 2.75) is 46.1 Å². The molecule has 0 saturated carbocycles. The second-order valence-corrected chi connectivity index (χ2v) is 6.58. The summed E-state index contributed by atoms with van der Waals surface area (Å²) >= 11 is 0. The maximum absolute atomic E-state index is 13.9. The molecule has 1 aromatic carbocycles. The van der Waals surface area contributed by atoms with Gasteiger partial charge in [0.1, 0.15) is 17.6 Å². The number of hydrogen-bond donors (Lipinski definition) is 0. The van der Waals surface area contributed by atoms with E-state index in [-0.39, 0.29) is 37.6 Å². The molecule has 0 aromatic heterocycles. The summed E-state index contributed by atoms with van der Waals surface area (Å²) < 4.78 is 52.4. The van der Waals surface area contributed by atoms with E-state index >= 15 is 0 Å². The monoisotopic (exact) mass is 382 g/mol. The van der Waals surface area contributed by atoms with Gasteiger partial charge in [-0.05, 0) is 32.4 Å². The molecular weight excluding hydrogens is 361 g/mol. The van der Waals surface area contributed by atoms with Crippen LogP contribution in [0, 0.1) is 6.92 Å². The molecule has 5 nitrogen and oxygen atoms in total. The van der Waals surface area contributed by atoms with Gasteiger partial charge in [0.15, 0.2) is 0 Å². The van der Waals surface area contributed by atoms with Crippen molar-refractivity contribution < 1.29 is 27.4 Å². The number of carbonyl (C=O) groups is 1. The van der Waals surface area contributed by atoms with E-state index < -0.39 is 23.9 Å². The van der Waals surface area contributed by atoms with Gasteiger partial charge < -0.3 is 9.47 Å². The predicted molar refractivity (Wildman–Crippen MR) is 94.5 cm³/mol. The Kier molecular flexibility index (Phi) is 5.28. The first kappa shape index (κ1) is 19.4. The highest BCUT2D eigenvalue weighted by atomic mass is 19.4. The van der Waals surface area contributed by atoms with Gasteiger partial charge >= 0.3 is 12.1 Å². The van der Waals surface area contributed by atoms with Crippen LogP contribution in [0.15, 0.2) is 34.5 Å². The Bertz CT molecular complexity index is 815. The number of esters is 1. The molecule has 0 radical (unpaired) electrons. The normalized spacial score (nSPS) is 19.9. The Hall–Kier alpha value is -2.35. The van der Waals surface area contributed by atoms with E-state index in [1.165, 1.54) is 6.92 Å². The summed E-state index contributed by atoms with van der Waals surface area (Å²) in [6.07, 6.45) is -5.67. The number of halogens is 3. The van der Waals surface area contributed by atoms with Crippen LogP contribution in [0.2, 0.25) is 0 Å². The lowest BCUT2D eigenvalue weighted by molar-refractivity contribution is -0.145. The lowest BCUT2D eigenvalue weighted by Gasteiger charge is -2.35. The number of carbonyl (C=O) groups excluding carboxylic acids is 1. The largest absolute Gasteiger partial charge is 0.466 e. The van der Waals surface area contributed by atoms with Gasteiger partial charge in [0, 0.05) is 5.56 Å². The minimum Gasteiger partial charge on any atom is -0.466 e. The number of amidine groups is 1. The lowest BCUT2D eigenvalue weighted by atomic mass is 10.0. The molecule has 0 amide bonds. The Balaban J connectivity index is 2.11. The number of aliphatic imine (C=N–C) groups is 1. The fraction of sp³-hybridized carbons (Fsp3) is 0.474. The van der Waals surface area contributed by atoms with Crippen molar-refractivity contribution in [3.05, 3.63) is 40.6 Å². The summed E-state index contributed by atoms with van der Waals surface area (Å²) in [5, 5.41) is 0. The van der Waals surface area contributed by atoms with Crippen molar-refractivity contribution in [2.75, 3.05) is 18.1 Å². The summed E-state index contributed by atoms with van der Waals surface area (Å²) in [6.45, 7) is 5.13. The number of ether oxygens (including phenoxy) is 2. The number of alkyl halides is 3. The van der Waals surface area contributed by atoms with E-state index in [2.05, 4.69) is 4.99 Å². The maximum atomic E-state index is 13.9. The molecule has 2 aliphatic heterocycles. The highest BCUT2D eigenvalue weighted by Crippen LogP contribution is 2.41. The van der Waals surface area contributed by atoms with Crippen LogP contribution in [-0.2, 0) is 20.9 Å². The molecule has 0 aliphatic carbocycles. The summed E-state index contributed by atoms with van der Waals surface area (Å²) in [5.41, 5.74) is 1.25. The number of hydrogen-bond acceptors (Lipinski definition) is 5. The van der Waals surface area contributed by atoms with Gasteiger partial charge in [0.2, 0.25) is 0 Å². The molecular formula is C19H21F3N2O3. The first-order valence-corrected chi connectivity index (χ1v) is 8.70. The summed E-state index contributed by atoms with van der Waals surface area (Å²) in [5.74, 6) is -0.448. The minimum atomic E-state index is -4.56. The first-order valence-electron chi connectivity index (χ1n) is 8.70. The van der Waals surface area contributed by atoms with Crippen LogP contribution in [-0.4, -0.2) is 37.2 Å². The number of anilines is 1. The third kappa shape index (κ3) is 3.85. The predicted octanol–water partition coefficient (Wildman–Crippen LogP) is 3.90. The molecule has 146 valence electrons. The second kappa shape index (κ2) is 7.34. The zero-order valence-corrected chi connectivity index (χ0v) is 15.4. The molecule has 0 bridgehead atoms. The molecule has 0 unspecified atom stereocenters. The van der Waals surface area contributed by atoms with Crippen LogP contribution in [0.25, 0.3) is 0 Å². The van der Waals surface area contributed by atoms with Crippen molar-refractivity contribution in [3.8, 4) is 0 Å². The number of fused-ring (bicyclic) bond motifs is 3. The number of nitrogens with zero attached hydrogens (tertiary/aromatic N) is 2. The molecule has 0 fully saturated rings. The third-order valence-corrected chi connectivity index (χ3v) is 4.46. The van der Waals surface area contributed by atoms with Gasteiger partial charge in [-0.25, -0.2) is 0 Å². The van der Waals surface area contributed by atoms with Crippen LogP contribution in [0.4, 0.5) is 18.9 Å². The van der Waals surface area contributed by atoms with E-state index in [0.717, 1.165) is 10.5 Å². The Morgan fingerprint density at radius 2 is 2.11 bits per heavy atom. The Labute approximate surface area is 155 Å². The van der Waals surface area contributed by atoms with E-state index in [1.807, 2.05) is 6.92 Å². The summed E-state index contributed by atoms with van der Waals surface area (Å²) in [7, 11) is 0. The lowest BCUT2D eigenvalue weighted by Crippen LogP contribution is -2.46. The standard InChI is InChI=1S/C19H21F3N2O3/c1-4-26-16(25)8-15-18-23-9-12(3)17(19(20,21)22)24(18)14-6-5-11(2)7-13(14)10-27-15/h5-7,15H,4,8-10H2,1-3H3/t15-/m0/s1. The SMILES string of the molecule is CCOC(=O)C[C@@H]1OCc2cc(C)ccc2N2C1=NCC(C)=C2C(F)(F)F. The zero-order valence-electron chi connectivity index (χ0n) is 15.4. The average molecular weight is 382 g/mol. The van der Waals surface area contributed by atoms with Crippen molar-refractivity contribution >= 4 is 17.5 Å². The van der Waals surface area contributed by atoms with Crippen LogP contribution < -0.4 is 4.90 Å². The smallest absolute Gasteiger partial charge is 0.431 e. The fourth-order valence-corrected chi connectivity index (χ4v) is 3.34. The van der Waals surface area contributed by atoms with E-state index in [4.69, 9.17) is 9.47 Å². The number of allylic oxidation sites excluding steroid dienone is 1. The fourth-order valence-electron chi connectivity index (χ4n) is 3.34. The Morgan fingerprint density at radius 3 is 2.78 bits per heavy atom. The van der Waals surface area contributed by atoms with Crippen LogP contribution in [0.3, 0.4) is 0 Å². The average Bonchev–Trinajstić information content (AvgIpc) is 2.71. The van der Waals surface area contributed by atoms with Gasteiger partial charge in [-0.15, -0.1) is 0 Å². The van der Waals surface area contributed by atoms with Crippen molar-refractivity contribution in [3.63, 3.8) is 0 Å². The maximum Gasteiger partial charge on any atom is 0.431 e. The van der Waals surface area contributed by atoms with Crippen molar-refractivity contribution in [1.82, 2.24) is 0 Å². The van der Waals surface area contributed by atoms with E-state index in [9.17, 15) is 18.0 Å². The minimum absolute atomic E-state index is 0.0841. The van der Waals surface area contributed by atoms with Gasteiger partial charge in [-0.3, -0.25) is 14.7 Å². The molecule has 2 aliphatic rings. The summed E-state index contributed by atoms with van der Waals surface area (Å²) in [4.78, 5) is 17.4. The summed E-state index contributed by atoms with van der Waals surface area (Å²) in [6, 6.07) is 5.18. The molecule has 0 spiro atoms.